The number of fused-ring (bicyclic) bond motifs is 1. The Morgan fingerprint density at radius 2 is 1.89 bits per heavy atom. The highest BCUT2D eigenvalue weighted by Gasteiger charge is 2.58. The summed E-state index contributed by atoms with van der Waals surface area (Å²) in [7, 11) is 0. The topological polar surface area (TPSA) is 87.9 Å². The summed E-state index contributed by atoms with van der Waals surface area (Å²) in [6, 6.07) is 15.4. The Balaban J connectivity index is 1.21. The lowest BCUT2D eigenvalue weighted by molar-refractivity contribution is -0.135. The van der Waals surface area contributed by atoms with E-state index in [1.165, 1.54) is 4.90 Å². The Bertz CT molecular complexity index is 1180. The van der Waals surface area contributed by atoms with Gasteiger partial charge in [0.25, 0.3) is 5.91 Å². The molecule has 0 saturated carbocycles. The number of hydrogen-bond donors (Lipinski definition) is 1. The second kappa shape index (κ2) is 9.09. The van der Waals surface area contributed by atoms with Crippen LogP contribution in [-0.4, -0.2) is 59.1 Å². The van der Waals surface area contributed by atoms with E-state index < -0.39 is 5.54 Å². The molecule has 3 aromatic rings. The van der Waals surface area contributed by atoms with Crippen LogP contribution in [0.1, 0.15) is 37.1 Å². The molecule has 0 aliphatic carbocycles. The minimum Gasteiger partial charge on any atom is -0.460 e. The number of imide groups is 1. The third-order valence-corrected chi connectivity index (χ3v) is 7.67. The van der Waals surface area contributed by atoms with Gasteiger partial charge in [-0.25, -0.2) is 4.79 Å². The number of piperidine rings is 1. The van der Waals surface area contributed by atoms with Gasteiger partial charge in [0.15, 0.2) is 5.54 Å². The quantitative estimate of drug-likeness (QED) is 0.549. The van der Waals surface area contributed by atoms with Crippen molar-refractivity contribution in [2.24, 2.45) is 5.92 Å². The average Bonchev–Trinajstić information content (AvgIpc) is 3.60. The van der Waals surface area contributed by atoms with E-state index in [2.05, 4.69) is 27.3 Å². The van der Waals surface area contributed by atoms with E-state index >= 15 is 0 Å². The number of carbonyl (C=O) groups excluding carboxylic acids is 2. The molecule has 1 aromatic carbocycles. The van der Waals surface area contributed by atoms with Crippen LogP contribution < -0.4 is 5.32 Å². The predicted octanol–water partition coefficient (Wildman–Crippen LogP) is 3.67. The number of urea groups is 1. The summed E-state index contributed by atoms with van der Waals surface area (Å²) < 4.78 is 11.7. The summed E-state index contributed by atoms with van der Waals surface area (Å²) in [5.41, 5.74) is 0.378. The molecule has 3 amide bonds. The molecule has 3 fully saturated rings. The molecule has 0 unspecified atom stereocenters. The van der Waals surface area contributed by atoms with Crippen LogP contribution in [0.2, 0.25) is 0 Å². The number of nitrogens with zero attached hydrogens (tertiary/aromatic N) is 3. The number of amides is 3. The number of aromatic nitrogens is 1. The minimum absolute atomic E-state index is 0.0460. The number of hydrogen-bond acceptors (Lipinski definition) is 6. The number of ether oxygens (including phenoxy) is 1. The highest BCUT2D eigenvalue weighted by Crippen LogP contribution is 2.41. The van der Waals surface area contributed by atoms with Crippen molar-refractivity contribution in [2.75, 3.05) is 26.2 Å². The van der Waals surface area contributed by atoms with Crippen LogP contribution in [0, 0.1) is 5.92 Å². The van der Waals surface area contributed by atoms with Crippen molar-refractivity contribution in [2.45, 2.75) is 43.9 Å². The Morgan fingerprint density at radius 3 is 2.63 bits per heavy atom. The van der Waals surface area contributed by atoms with Crippen LogP contribution in [0.15, 0.2) is 59.1 Å². The molecule has 0 spiro atoms. The summed E-state index contributed by atoms with van der Waals surface area (Å²) in [4.78, 5) is 35.3. The molecule has 8 heteroatoms. The maximum absolute atomic E-state index is 13.9. The van der Waals surface area contributed by atoms with E-state index in [-0.39, 0.29) is 24.0 Å². The van der Waals surface area contributed by atoms with Crippen LogP contribution in [0.4, 0.5) is 4.79 Å². The van der Waals surface area contributed by atoms with Gasteiger partial charge in [0.05, 0.1) is 24.9 Å². The Morgan fingerprint density at radius 1 is 1.06 bits per heavy atom. The van der Waals surface area contributed by atoms with E-state index in [1.54, 1.807) is 6.20 Å². The second-order valence-electron chi connectivity index (χ2n) is 9.80. The molecule has 6 rings (SSSR count). The van der Waals surface area contributed by atoms with Gasteiger partial charge in [-0.05, 0) is 69.0 Å². The average molecular weight is 475 g/mol. The van der Waals surface area contributed by atoms with Crippen molar-refractivity contribution in [1.29, 1.82) is 0 Å². The fraction of sp³-hybridized carbons (Fsp3) is 0.444. The van der Waals surface area contributed by atoms with Crippen molar-refractivity contribution < 1.29 is 18.7 Å². The summed E-state index contributed by atoms with van der Waals surface area (Å²) >= 11 is 0. The lowest BCUT2D eigenvalue weighted by atomic mass is 9.75. The highest BCUT2D eigenvalue weighted by atomic mass is 16.5. The number of carbonyl (C=O) groups is 2. The van der Waals surface area contributed by atoms with E-state index in [4.69, 9.17) is 9.15 Å². The van der Waals surface area contributed by atoms with Crippen molar-refractivity contribution in [3.63, 3.8) is 0 Å². The Kier molecular flexibility index (Phi) is 5.78. The smallest absolute Gasteiger partial charge is 0.325 e. The molecule has 182 valence electrons. The van der Waals surface area contributed by atoms with Gasteiger partial charge in [0.1, 0.15) is 11.3 Å². The SMILES string of the molecule is O=C1N[C@@](c2ccccn2)(C2CCN(Cc3cc4ccccc4o3)CC2)C(=O)N1C[C@H]1CCCO1. The fourth-order valence-electron chi connectivity index (χ4n) is 5.87. The Labute approximate surface area is 204 Å². The molecule has 3 saturated heterocycles. The zero-order valence-corrected chi connectivity index (χ0v) is 19.7. The van der Waals surface area contributed by atoms with Crippen LogP contribution in [0.3, 0.4) is 0 Å². The summed E-state index contributed by atoms with van der Waals surface area (Å²) in [6.45, 7) is 3.33. The highest BCUT2D eigenvalue weighted by molar-refractivity contribution is 6.07. The minimum atomic E-state index is -1.14. The lowest BCUT2D eigenvalue weighted by Crippen LogP contribution is -2.54. The van der Waals surface area contributed by atoms with Gasteiger partial charge in [-0.3, -0.25) is 19.6 Å². The number of benzene rings is 1. The standard InChI is InChI=1S/C27H30N4O4/c32-25-27(24-9-3-4-12-28-24,29-26(33)31(25)18-21-7-5-15-34-21)20-10-13-30(14-11-20)17-22-16-19-6-1-2-8-23(19)35-22/h1-4,6,8-9,12,16,20-21H,5,7,10-11,13-15,17-18H2,(H,29,33)/t21-,27-/m1/s1. The van der Waals surface area contributed by atoms with E-state index in [1.807, 2.05) is 36.4 Å². The van der Waals surface area contributed by atoms with Crippen molar-refractivity contribution >= 4 is 22.9 Å². The van der Waals surface area contributed by atoms with Gasteiger partial charge in [-0.1, -0.05) is 24.3 Å². The van der Waals surface area contributed by atoms with Gasteiger partial charge >= 0.3 is 6.03 Å². The first-order chi connectivity index (χ1) is 17.1. The van der Waals surface area contributed by atoms with Gasteiger partial charge in [-0.15, -0.1) is 0 Å². The molecular weight excluding hydrogens is 444 g/mol. The maximum atomic E-state index is 13.9. The summed E-state index contributed by atoms with van der Waals surface area (Å²) in [5, 5.41) is 4.20. The van der Waals surface area contributed by atoms with Gasteiger partial charge in [0, 0.05) is 18.2 Å². The first-order valence-electron chi connectivity index (χ1n) is 12.5. The maximum Gasteiger partial charge on any atom is 0.325 e. The largest absolute Gasteiger partial charge is 0.460 e. The van der Waals surface area contributed by atoms with Crippen LogP contribution in [0.25, 0.3) is 11.0 Å². The van der Waals surface area contributed by atoms with Gasteiger partial charge < -0.3 is 14.5 Å². The molecule has 5 heterocycles. The van der Waals surface area contributed by atoms with Crippen molar-refractivity contribution in [1.82, 2.24) is 20.1 Å². The molecule has 3 aliphatic heterocycles. The zero-order chi connectivity index (χ0) is 23.8. The normalized spacial score (nSPS) is 26.1. The number of rotatable bonds is 6. The summed E-state index contributed by atoms with van der Waals surface area (Å²) in [6.07, 6.45) is 4.98. The molecule has 8 nitrogen and oxygen atoms in total. The first-order valence-corrected chi connectivity index (χ1v) is 12.5. The molecule has 0 radical (unpaired) electrons. The lowest BCUT2D eigenvalue weighted by Gasteiger charge is -2.40. The zero-order valence-electron chi connectivity index (χ0n) is 19.7. The molecule has 2 atom stereocenters. The molecule has 2 aromatic heterocycles. The fourth-order valence-corrected chi connectivity index (χ4v) is 5.87. The van der Waals surface area contributed by atoms with E-state index in [0.717, 1.165) is 62.0 Å². The second-order valence-corrected chi connectivity index (χ2v) is 9.80. The number of nitrogens with one attached hydrogen (secondary N) is 1. The van der Waals surface area contributed by atoms with E-state index in [0.29, 0.717) is 18.8 Å². The van der Waals surface area contributed by atoms with Gasteiger partial charge in [-0.2, -0.15) is 0 Å². The number of furan rings is 1. The molecule has 1 N–H and O–H groups in total. The molecule has 3 aliphatic rings. The number of para-hydroxylation sites is 1. The van der Waals surface area contributed by atoms with E-state index in [9.17, 15) is 9.59 Å². The molecule has 35 heavy (non-hydrogen) atoms. The molecular formula is C27H30N4O4. The molecule has 0 bridgehead atoms. The first kappa shape index (κ1) is 22.2. The van der Waals surface area contributed by atoms with Crippen LogP contribution in [-0.2, 0) is 21.6 Å². The van der Waals surface area contributed by atoms with Crippen LogP contribution in [0.5, 0.6) is 0 Å². The van der Waals surface area contributed by atoms with Crippen LogP contribution >= 0.6 is 0 Å². The van der Waals surface area contributed by atoms with Gasteiger partial charge in [0.2, 0.25) is 0 Å². The monoisotopic (exact) mass is 474 g/mol. The third kappa shape index (κ3) is 4.00. The number of likely N-dealkylation sites (tertiary alicyclic amines) is 1. The van der Waals surface area contributed by atoms with Crippen molar-refractivity contribution in [3.8, 4) is 0 Å². The number of pyridine rings is 1. The summed E-state index contributed by atoms with van der Waals surface area (Å²) in [5.74, 6) is 0.694. The third-order valence-electron chi connectivity index (χ3n) is 7.67. The Hall–Kier alpha value is -3.23. The van der Waals surface area contributed by atoms with Crippen molar-refractivity contribution in [3.05, 3.63) is 66.2 Å². The predicted molar refractivity (Wildman–Crippen MR) is 129 cm³/mol.